The van der Waals surface area contributed by atoms with Crippen LogP contribution in [0.4, 0.5) is 0 Å². The molecule has 0 saturated heterocycles. The average molecular weight is 270 g/mol. The molecule has 20 heavy (non-hydrogen) atoms. The van der Waals surface area contributed by atoms with Crippen molar-refractivity contribution in [1.29, 1.82) is 0 Å². The normalized spacial score (nSPS) is 23.2. The highest BCUT2D eigenvalue weighted by Gasteiger charge is 2.18. The average Bonchev–Trinajstić information content (AvgIpc) is 2.87. The van der Waals surface area contributed by atoms with Gasteiger partial charge in [-0.05, 0) is 55.8 Å². The molecule has 1 heterocycles. The third-order valence-electron chi connectivity index (χ3n) is 4.72. The fourth-order valence-corrected chi connectivity index (χ4v) is 3.61. The van der Waals surface area contributed by atoms with Gasteiger partial charge in [0.1, 0.15) is 0 Å². The van der Waals surface area contributed by atoms with Gasteiger partial charge in [0, 0.05) is 17.1 Å². The minimum atomic E-state index is 0.904. The van der Waals surface area contributed by atoms with E-state index in [0.717, 1.165) is 24.8 Å². The lowest BCUT2D eigenvalue weighted by Gasteiger charge is -2.26. The van der Waals surface area contributed by atoms with Crippen LogP contribution in [0, 0.1) is 11.8 Å². The van der Waals surface area contributed by atoms with Gasteiger partial charge >= 0.3 is 0 Å². The SMILES string of the molecule is CC1CCCC(CNCCc2c[nH]c3ccccc23)C1. The number of H-pyrrole nitrogens is 1. The number of aromatic amines is 1. The summed E-state index contributed by atoms with van der Waals surface area (Å²) in [4.78, 5) is 3.36. The number of aromatic nitrogens is 1. The minimum Gasteiger partial charge on any atom is -0.361 e. The Hall–Kier alpha value is -1.28. The first-order chi connectivity index (χ1) is 9.83. The summed E-state index contributed by atoms with van der Waals surface area (Å²) in [5.41, 5.74) is 2.69. The van der Waals surface area contributed by atoms with Crippen molar-refractivity contribution in [2.45, 2.75) is 39.0 Å². The molecule has 0 aliphatic heterocycles. The van der Waals surface area contributed by atoms with E-state index in [1.54, 1.807) is 0 Å². The van der Waals surface area contributed by atoms with Crippen LogP contribution >= 0.6 is 0 Å². The maximum Gasteiger partial charge on any atom is 0.0456 e. The summed E-state index contributed by atoms with van der Waals surface area (Å²) >= 11 is 0. The summed E-state index contributed by atoms with van der Waals surface area (Å²) < 4.78 is 0. The van der Waals surface area contributed by atoms with Crippen molar-refractivity contribution in [2.75, 3.05) is 13.1 Å². The van der Waals surface area contributed by atoms with E-state index in [0.29, 0.717) is 0 Å². The van der Waals surface area contributed by atoms with Crippen LogP contribution in [-0.4, -0.2) is 18.1 Å². The predicted molar refractivity (Wildman–Crippen MR) is 86.0 cm³/mol. The second-order valence-electron chi connectivity index (χ2n) is 6.45. The minimum absolute atomic E-state index is 0.904. The Morgan fingerprint density at radius 2 is 2.15 bits per heavy atom. The van der Waals surface area contributed by atoms with Crippen LogP contribution in [0.25, 0.3) is 10.9 Å². The number of benzene rings is 1. The number of rotatable bonds is 5. The zero-order valence-electron chi connectivity index (χ0n) is 12.5. The Morgan fingerprint density at radius 3 is 3.05 bits per heavy atom. The van der Waals surface area contributed by atoms with Gasteiger partial charge in [-0.15, -0.1) is 0 Å². The van der Waals surface area contributed by atoms with E-state index in [9.17, 15) is 0 Å². The van der Waals surface area contributed by atoms with Crippen molar-refractivity contribution < 1.29 is 0 Å². The maximum absolute atomic E-state index is 3.66. The molecule has 2 heteroatoms. The predicted octanol–water partition coefficient (Wildman–Crippen LogP) is 4.13. The number of hydrogen-bond donors (Lipinski definition) is 2. The molecular formula is C18H26N2. The van der Waals surface area contributed by atoms with E-state index in [-0.39, 0.29) is 0 Å². The molecule has 1 aromatic heterocycles. The molecule has 1 aromatic carbocycles. The van der Waals surface area contributed by atoms with Crippen LogP contribution in [0.3, 0.4) is 0 Å². The van der Waals surface area contributed by atoms with Crippen LogP contribution in [0.15, 0.2) is 30.5 Å². The Morgan fingerprint density at radius 1 is 1.25 bits per heavy atom. The Bertz CT molecular complexity index is 543. The second-order valence-corrected chi connectivity index (χ2v) is 6.45. The first-order valence-corrected chi connectivity index (χ1v) is 8.08. The summed E-state index contributed by atoms with van der Waals surface area (Å²) in [6.07, 6.45) is 8.98. The molecule has 0 spiro atoms. The van der Waals surface area contributed by atoms with E-state index in [1.807, 2.05) is 0 Å². The lowest BCUT2D eigenvalue weighted by atomic mass is 9.82. The molecule has 2 aromatic rings. The topological polar surface area (TPSA) is 27.8 Å². The van der Waals surface area contributed by atoms with Crippen molar-refractivity contribution in [1.82, 2.24) is 10.3 Å². The fourth-order valence-electron chi connectivity index (χ4n) is 3.61. The zero-order chi connectivity index (χ0) is 13.8. The van der Waals surface area contributed by atoms with Crippen LogP contribution in [-0.2, 0) is 6.42 Å². The monoisotopic (exact) mass is 270 g/mol. The summed E-state index contributed by atoms with van der Waals surface area (Å²) in [5, 5.41) is 5.04. The van der Waals surface area contributed by atoms with Crippen LogP contribution in [0.2, 0.25) is 0 Å². The maximum atomic E-state index is 3.66. The van der Waals surface area contributed by atoms with E-state index in [2.05, 4.69) is 47.7 Å². The summed E-state index contributed by atoms with van der Waals surface area (Å²) in [6.45, 7) is 4.69. The van der Waals surface area contributed by atoms with Gasteiger partial charge in [-0.3, -0.25) is 0 Å². The molecule has 2 unspecified atom stereocenters. The van der Waals surface area contributed by atoms with Gasteiger partial charge in [0.25, 0.3) is 0 Å². The van der Waals surface area contributed by atoms with Crippen LogP contribution in [0.1, 0.15) is 38.2 Å². The van der Waals surface area contributed by atoms with Gasteiger partial charge < -0.3 is 10.3 Å². The Kier molecular flexibility index (Phi) is 4.41. The highest BCUT2D eigenvalue weighted by molar-refractivity contribution is 5.83. The molecule has 0 amide bonds. The summed E-state index contributed by atoms with van der Waals surface area (Å²) in [7, 11) is 0. The van der Waals surface area contributed by atoms with Gasteiger partial charge in [-0.1, -0.05) is 38.0 Å². The highest BCUT2D eigenvalue weighted by Crippen LogP contribution is 2.27. The van der Waals surface area contributed by atoms with E-state index in [1.165, 1.54) is 48.7 Å². The van der Waals surface area contributed by atoms with E-state index < -0.39 is 0 Å². The lowest BCUT2D eigenvalue weighted by molar-refractivity contribution is 0.275. The van der Waals surface area contributed by atoms with Crippen molar-refractivity contribution in [3.63, 3.8) is 0 Å². The Labute approximate surface area is 122 Å². The van der Waals surface area contributed by atoms with Crippen molar-refractivity contribution >= 4 is 10.9 Å². The number of para-hydroxylation sites is 1. The molecule has 1 aliphatic carbocycles. The molecule has 1 aliphatic rings. The third-order valence-corrected chi connectivity index (χ3v) is 4.72. The first-order valence-electron chi connectivity index (χ1n) is 8.08. The fraction of sp³-hybridized carbons (Fsp3) is 0.556. The molecule has 1 fully saturated rings. The second kappa shape index (κ2) is 6.45. The van der Waals surface area contributed by atoms with Crippen LogP contribution < -0.4 is 5.32 Å². The molecule has 3 rings (SSSR count). The molecule has 2 N–H and O–H groups in total. The van der Waals surface area contributed by atoms with Gasteiger partial charge in [0.2, 0.25) is 0 Å². The lowest BCUT2D eigenvalue weighted by Crippen LogP contribution is -2.28. The molecule has 0 bridgehead atoms. The van der Waals surface area contributed by atoms with Gasteiger partial charge in [-0.2, -0.15) is 0 Å². The highest BCUT2D eigenvalue weighted by atomic mass is 14.9. The first kappa shape index (κ1) is 13.7. The summed E-state index contributed by atoms with van der Waals surface area (Å²) in [6, 6.07) is 8.57. The van der Waals surface area contributed by atoms with Gasteiger partial charge in [0.15, 0.2) is 0 Å². The molecular weight excluding hydrogens is 244 g/mol. The van der Waals surface area contributed by atoms with Crippen molar-refractivity contribution in [3.05, 3.63) is 36.0 Å². The van der Waals surface area contributed by atoms with Crippen LogP contribution in [0.5, 0.6) is 0 Å². The molecule has 2 atom stereocenters. The largest absolute Gasteiger partial charge is 0.361 e. The number of fused-ring (bicyclic) bond motifs is 1. The summed E-state index contributed by atoms with van der Waals surface area (Å²) in [5.74, 6) is 1.84. The van der Waals surface area contributed by atoms with E-state index in [4.69, 9.17) is 0 Å². The Balaban J connectivity index is 1.46. The third kappa shape index (κ3) is 3.24. The smallest absolute Gasteiger partial charge is 0.0456 e. The molecule has 0 radical (unpaired) electrons. The standard InChI is InChI=1S/C18H26N2/c1-14-5-4-6-15(11-14)12-19-10-9-16-13-20-18-8-3-2-7-17(16)18/h2-3,7-8,13-15,19-20H,4-6,9-12H2,1H3. The van der Waals surface area contributed by atoms with E-state index >= 15 is 0 Å². The van der Waals surface area contributed by atoms with Crippen molar-refractivity contribution in [2.24, 2.45) is 11.8 Å². The van der Waals surface area contributed by atoms with Gasteiger partial charge in [-0.25, -0.2) is 0 Å². The number of hydrogen-bond acceptors (Lipinski definition) is 1. The molecule has 1 saturated carbocycles. The molecule has 108 valence electrons. The number of nitrogens with one attached hydrogen (secondary N) is 2. The quantitative estimate of drug-likeness (QED) is 0.786. The zero-order valence-corrected chi connectivity index (χ0v) is 12.5. The molecule has 2 nitrogen and oxygen atoms in total. The van der Waals surface area contributed by atoms with Crippen molar-refractivity contribution in [3.8, 4) is 0 Å². The van der Waals surface area contributed by atoms with Gasteiger partial charge in [0.05, 0.1) is 0 Å².